The lowest BCUT2D eigenvalue weighted by Crippen LogP contribution is -1.97. The molecule has 0 radical (unpaired) electrons. The zero-order valence-electron chi connectivity index (χ0n) is 20.7. The van der Waals surface area contributed by atoms with Gasteiger partial charge in [0.2, 0.25) is 0 Å². The minimum absolute atomic E-state index is 0.160. The fourth-order valence-electron chi connectivity index (χ4n) is 5.85. The van der Waals surface area contributed by atoms with Gasteiger partial charge in [-0.05, 0) is 45.0 Å². The molecule has 8 aromatic rings. The molecule has 0 saturated heterocycles. The third kappa shape index (κ3) is 2.91. The van der Waals surface area contributed by atoms with Crippen LogP contribution in [0.15, 0.2) is 46.2 Å². The first-order chi connectivity index (χ1) is 19.0. The van der Waals surface area contributed by atoms with E-state index in [1.54, 1.807) is 0 Å². The van der Waals surface area contributed by atoms with Crippen LogP contribution in [-0.4, -0.2) is 15.4 Å². The number of thiophene rings is 5. The number of aromatic nitrogens is 1. The average Bonchev–Trinajstić information content (AvgIpc) is 3.73. The van der Waals surface area contributed by atoms with E-state index in [9.17, 15) is 0 Å². The molecule has 0 spiro atoms. The van der Waals surface area contributed by atoms with Crippen molar-refractivity contribution in [2.45, 2.75) is 41.4 Å². The Morgan fingerprint density at radius 3 is 2.05 bits per heavy atom. The summed E-state index contributed by atoms with van der Waals surface area (Å²) in [5.41, 5.74) is 5.52. The van der Waals surface area contributed by atoms with Crippen molar-refractivity contribution in [3.8, 4) is 15.8 Å². The Bertz CT molecular complexity index is 2340. The summed E-state index contributed by atoms with van der Waals surface area (Å²) < 4.78 is 25.9. The second kappa shape index (κ2) is 7.67. The van der Waals surface area contributed by atoms with Gasteiger partial charge in [0.05, 0.1) is 49.0 Å². The Kier molecular flexibility index (Phi) is 4.47. The Labute approximate surface area is 250 Å². The molecule has 8 heterocycles. The molecule has 2 aliphatic heterocycles. The van der Waals surface area contributed by atoms with Crippen molar-refractivity contribution in [3.63, 3.8) is 0 Å². The van der Waals surface area contributed by atoms with Gasteiger partial charge < -0.3 is 14.0 Å². The first kappa shape index (κ1) is 22.7. The second-order valence-corrected chi connectivity index (χ2v) is 17.7. The summed E-state index contributed by atoms with van der Waals surface area (Å²) in [6, 6.07) is 13.9. The number of hydrogen-bond donors (Lipinski definition) is 0. The largest absolute Gasteiger partial charge is 0.469 e. The zero-order valence-corrected chi connectivity index (χ0v) is 26.5. The fraction of sp³-hybridized carbons (Fsp3) is 0.172. The summed E-state index contributed by atoms with van der Waals surface area (Å²) in [6.07, 6.45) is 0. The topological polar surface area (TPSA) is 23.4 Å². The molecule has 0 aliphatic carbocycles. The van der Waals surface area contributed by atoms with Gasteiger partial charge in [-0.15, -0.1) is 34.0 Å². The molecule has 2 aromatic carbocycles. The Balaban J connectivity index is 1.30. The van der Waals surface area contributed by atoms with Crippen LogP contribution in [0.25, 0.3) is 65.1 Å². The highest BCUT2D eigenvalue weighted by molar-refractivity contribution is 8.01. The van der Waals surface area contributed by atoms with Crippen molar-refractivity contribution >= 4 is 140 Å². The van der Waals surface area contributed by atoms with Crippen molar-refractivity contribution in [1.82, 2.24) is 4.57 Å². The SMILES string of the molecule is Cc1ccc(-n2c3c4c(sc3c3sc5cc6c(cc5c32)sc2c3sc5c(c3sc62)SC(C)O5)OC(C)S4)cc1. The van der Waals surface area contributed by atoms with Gasteiger partial charge in [0.1, 0.15) is 10.9 Å². The van der Waals surface area contributed by atoms with E-state index in [2.05, 4.69) is 61.7 Å². The molecule has 2 aliphatic rings. The fourth-order valence-corrected chi connectivity index (χ4v) is 15.2. The first-order valence-corrected chi connectivity index (χ1v) is 18.4. The van der Waals surface area contributed by atoms with Gasteiger partial charge in [-0.25, -0.2) is 0 Å². The number of aryl methyl sites for hydroxylation is 1. The van der Waals surface area contributed by atoms with Crippen LogP contribution in [0.3, 0.4) is 0 Å². The Morgan fingerprint density at radius 1 is 0.615 bits per heavy atom. The summed E-state index contributed by atoms with van der Waals surface area (Å²) in [5.74, 6) is 0. The van der Waals surface area contributed by atoms with E-state index in [0.29, 0.717) is 0 Å². The molecular weight excluding hydrogens is 619 g/mol. The third-order valence-corrected chi connectivity index (χ3v) is 16.3. The van der Waals surface area contributed by atoms with Crippen LogP contribution in [0.2, 0.25) is 0 Å². The average molecular weight is 636 g/mol. The lowest BCUT2D eigenvalue weighted by atomic mass is 10.2. The van der Waals surface area contributed by atoms with Crippen LogP contribution in [0.1, 0.15) is 19.4 Å². The summed E-state index contributed by atoms with van der Waals surface area (Å²) in [4.78, 5) is 2.64. The second-order valence-electron chi connectivity index (χ2n) is 10.0. The summed E-state index contributed by atoms with van der Waals surface area (Å²) in [5, 5.41) is 4.92. The van der Waals surface area contributed by atoms with E-state index in [4.69, 9.17) is 9.47 Å². The van der Waals surface area contributed by atoms with Crippen molar-refractivity contribution in [2.75, 3.05) is 0 Å². The van der Waals surface area contributed by atoms with Crippen molar-refractivity contribution in [1.29, 1.82) is 0 Å². The molecule has 0 saturated carbocycles. The molecule has 0 bridgehead atoms. The molecular formula is C29H17NO2S7. The van der Waals surface area contributed by atoms with Gasteiger partial charge in [-0.1, -0.05) is 63.9 Å². The first-order valence-electron chi connectivity index (χ1n) is 12.6. The lowest BCUT2D eigenvalue weighted by Gasteiger charge is -2.08. The smallest absolute Gasteiger partial charge is 0.192 e. The van der Waals surface area contributed by atoms with E-state index < -0.39 is 0 Å². The van der Waals surface area contributed by atoms with E-state index >= 15 is 0 Å². The lowest BCUT2D eigenvalue weighted by molar-refractivity contribution is 0.324. The number of hydrogen-bond acceptors (Lipinski definition) is 9. The summed E-state index contributed by atoms with van der Waals surface area (Å²) >= 11 is 13.2. The van der Waals surface area contributed by atoms with Crippen molar-refractivity contribution in [3.05, 3.63) is 42.0 Å². The number of rotatable bonds is 1. The summed E-state index contributed by atoms with van der Waals surface area (Å²) in [6.45, 7) is 6.44. The zero-order chi connectivity index (χ0) is 25.7. The predicted molar refractivity (Wildman–Crippen MR) is 177 cm³/mol. The molecule has 192 valence electrons. The minimum Gasteiger partial charge on any atom is -0.469 e. The number of fused-ring (bicyclic) bond motifs is 14. The van der Waals surface area contributed by atoms with E-state index in [1.807, 2.05) is 80.2 Å². The molecule has 0 amide bonds. The van der Waals surface area contributed by atoms with Gasteiger partial charge >= 0.3 is 0 Å². The molecule has 10 heteroatoms. The van der Waals surface area contributed by atoms with Crippen LogP contribution in [0, 0.1) is 6.92 Å². The van der Waals surface area contributed by atoms with Gasteiger partial charge in [0.25, 0.3) is 0 Å². The van der Waals surface area contributed by atoms with Gasteiger partial charge in [-0.2, -0.15) is 0 Å². The molecule has 6 aromatic heterocycles. The van der Waals surface area contributed by atoms with E-state index in [0.717, 1.165) is 10.1 Å². The van der Waals surface area contributed by atoms with Crippen molar-refractivity contribution < 1.29 is 9.47 Å². The minimum atomic E-state index is 0.160. The Hall–Kier alpha value is -1.92. The standard InChI is InChI=1S/C29H17NO2S7/c1-10-4-6-13(7-5-10)30-18-14-8-17-15(20-24(36-17)25-26(37-20)27-29(39-25)32-12(3)34-27)9-16(14)35-21(18)22-19(30)23-28(38-22)31-11(2)33-23/h4-9,11-12H,1-3H3. The molecule has 2 atom stereocenters. The quantitative estimate of drug-likeness (QED) is 0.179. The van der Waals surface area contributed by atoms with Crippen LogP contribution < -0.4 is 9.47 Å². The number of benzene rings is 2. The maximum atomic E-state index is 6.21. The number of ether oxygens (including phenoxy) is 2. The monoisotopic (exact) mass is 635 g/mol. The van der Waals surface area contributed by atoms with Gasteiger partial charge in [0, 0.05) is 25.9 Å². The molecule has 2 unspecified atom stereocenters. The van der Waals surface area contributed by atoms with Crippen molar-refractivity contribution in [2.24, 2.45) is 0 Å². The van der Waals surface area contributed by atoms with Crippen LogP contribution in [0.4, 0.5) is 0 Å². The molecule has 10 rings (SSSR count). The maximum Gasteiger partial charge on any atom is 0.192 e. The Morgan fingerprint density at radius 2 is 1.23 bits per heavy atom. The third-order valence-electron chi connectivity index (χ3n) is 7.50. The van der Waals surface area contributed by atoms with E-state index in [-0.39, 0.29) is 10.9 Å². The van der Waals surface area contributed by atoms with E-state index in [1.165, 1.54) is 80.4 Å². The molecule has 0 N–H and O–H groups in total. The maximum absolute atomic E-state index is 6.21. The van der Waals surface area contributed by atoms with Crippen LogP contribution >= 0.6 is 80.2 Å². The highest BCUT2D eigenvalue weighted by atomic mass is 32.2. The van der Waals surface area contributed by atoms with Crippen LogP contribution in [-0.2, 0) is 0 Å². The normalized spacial score (nSPS) is 18.8. The predicted octanol–water partition coefficient (Wildman–Crippen LogP) is 11.7. The summed E-state index contributed by atoms with van der Waals surface area (Å²) in [7, 11) is 0. The molecule has 0 fully saturated rings. The highest BCUT2D eigenvalue weighted by Gasteiger charge is 2.32. The van der Waals surface area contributed by atoms with Crippen LogP contribution in [0.5, 0.6) is 10.1 Å². The molecule has 39 heavy (non-hydrogen) atoms. The number of thioether (sulfide) groups is 2. The number of nitrogens with zero attached hydrogens (tertiary/aromatic N) is 1. The highest BCUT2D eigenvalue weighted by Crippen LogP contribution is 2.59. The van der Waals surface area contributed by atoms with Gasteiger partial charge in [-0.3, -0.25) is 0 Å². The van der Waals surface area contributed by atoms with Gasteiger partial charge in [0.15, 0.2) is 10.1 Å². The molecule has 3 nitrogen and oxygen atoms in total.